The second-order valence-corrected chi connectivity index (χ2v) is 5.04. The Hall–Kier alpha value is -2.06. The van der Waals surface area contributed by atoms with Gasteiger partial charge in [0, 0.05) is 26.4 Å². The van der Waals surface area contributed by atoms with Crippen molar-refractivity contribution in [1.29, 1.82) is 5.26 Å². The van der Waals surface area contributed by atoms with Gasteiger partial charge in [0.15, 0.2) is 0 Å². The Labute approximate surface area is 126 Å². The van der Waals surface area contributed by atoms with Gasteiger partial charge in [0.1, 0.15) is 6.04 Å². The molecule has 1 aromatic rings. The minimum Gasteiger partial charge on any atom is -0.377 e. The van der Waals surface area contributed by atoms with Crippen LogP contribution in [0, 0.1) is 11.3 Å². The van der Waals surface area contributed by atoms with Crippen LogP contribution < -0.4 is 5.32 Å². The third-order valence-electron chi connectivity index (χ3n) is 3.40. The van der Waals surface area contributed by atoms with E-state index in [0.29, 0.717) is 13.0 Å². The summed E-state index contributed by atoms with van der Waals surface area (Å²) >= 11 is 0. The number of benzene rings is 1. The number of ether oxygens (including phenoxy) is 1. The van der Waals surface area contributed by atoms with Gasteiger partial charge in [-0.2, -0.15) is 5.26 Å². The van der Waals surface area contributed by atoms with Gasteiger partial charge in [-0.05, 0) is 31.5 Å². The van der Waals surface area contributed by atoms with Crippen LogP contribution in [0.5, 0.6) is 0 Å². The van der Waals surface area contributed by atoms with Gasteiger partial charge in [0.05, 0.1) is 18.6 Å². The third-order valence-corrected chi connectivity index (χ3v) is 3.40. The van der Waals surface area contributed by atoms with E-state index in [1.54, 1.807) is 19.1 Å². The number of hydrogen-bond acceptors (Lipinski definition) is 4. The van der Waals surface area contributed by atoms with Gasteiger partial charge in [-0.15, -0.1) is 0 Å². The predicted octanol–water partition coefficient (Wildman–Crippen LogP) is 2.57. The topological polar surface area (TPSA) is 65.4 Å². The van der Waals surface area contributed by atoms with Crippen molar-refractivity contribution < 1.29 is 9.53 Å². The average molecular weight is 289 g/mol. The molecule has 0 aliphatic heterocycles. The molecule has 1 rings (SSSR count). The van der Waals surface area contributed by atoms with Crippen molar-refractivity contribution in [1.82, 2.24) is 4.90 Å². The van der Waals surface area contributed by atoms with E-state index >= 15 is 0 Å². The lowest BCUT2D eigenvalue weighted by Crippen LogP contribution is -2.39. The molecule has 2 atom stereocenters. The maximum absolute atomic E-state index is 12.2. The van der Waals surface area contributed by atoms with Crippen molar-refractivity contribution in [3.8, 4) is 6.07 Å². The van der Waals surface area contributed by atoms with Crippen LogP contribution in [0.15, 0.2) is 24.3 Å². The van der Waals surface area contributed by atoms with Gasteiger partial charge in [-0.3, -0.25) is 4.79 Å². The lowest BCUT2D eigenvalue weighted by Gasteiger charge is -2.22. The fourth-order valence-electron chi connectivity index (χ4n) is 1.99. The second kappa shape index (κ2) is 8.28. The highest BCUT2D eigenvalue weighted by molar-refractivity contribution is 5.84. The molecule has 0 saturated carbocycles. The number of nitrogens with one attached hydrogen (secondary N) is 1. The summed E-state index contributed by atoms with van der Waals surface area (Å²) in [4.78, 5) is 13.7. The van der Waals surface area contributed by atoms with Gasteiger partial charge in [0.2, 0.25) is 5.91 Å². The Balaban J connectivity index is 2.68. The Kier molecular flexibility index (Phi) is 6.70. The number of carbonyl (C=O) groups excluding carboxylic acids is 1. The molecule has 0 aromatic heterocycles. The molecule has 0 bridgehead atoms. The molecule has 5 heteroatoms. The standard InChI is InChI=1S/C16H23N3O2/c1-12(16(20)19(3)10-6-9-17)18-15-8-5-7-14(11-15)13(2)21-4/h5,7-8,11-13,18H,6,10H2,1-4H3/t12-,13+/m1/s1. The van der Waals surface area contributed by atoms with Crippen molar-refractivity contribution in [2.45, 2.75) is 32.4 Å². The summed E-state index contributed by atoms with van der Waals surface area (Å²) < 4.78 is 5.29. The summed E-state index contributed by atoms with van der Waals surface area (Å²) in [7, 11) is 3.38. The SMILES string of the molecule is CO[C@@H](C)c1cccc(N[C@H](C)C(=O)N(C)CCC#N)c1. The summed E-state index contributed by atoms with van der Waals surface area (Å²) in [6.07, 6.45) is 0.353. The van der Waals surface area contributed by atoms with Crippen molar-refractivity contribution in [3.05, 3.63) is 29.8 Å². The van der Waals surface area contributed by atoms with Crippen LogP contribution >= 0.6 is 0 Å². The minimum atomic E-state index is -0.346. The van der Waals surface area contributed by atoms with E-state index in [2.05, 4.69) is 5.32 Å². The number of anilines is 1. The Bertz CT molecular complexity index is 510. The fourth-order valence-corrected chi connectivity index (χ4v) is 1.99. The van der Waals surface area contributed by atoms with Gasteiger partial charge in [0.25, 0.3) is 0 Å². The first-order valence-electron chi connectivity index (χ1n) is 7.00. The molecule has 5 nitrogen and oxygen atoms in total. The number of nitriles is 1. The van der Waals surface area contributed by atoms with E-state index < -0.39 is 0 Å². The van der Waals surface area contributed by atoms with Crippen molar-refractivity contribution in [2.24, 2.45) is 0 Å². The average Bonchev–Trinajstić information content (AvgIpc) is 2.51. The summed E-state index contributed by atoms with van der Waals surface area (Å²) in [6, 6.07) is 9.52. The predicted molar refractivity (Wildman–Crippen MR) is 82.8 cm³/mol. The van der Waals surface area contributed by atoms with E-state index in [4.69, 9.17) is 10.00 Å². The number of methoxy groups -OCH3 is 1. The maximum atomic E-state index is 12.2. The molecule has 0 fully saturated rings. The zero-order chi connectivity index (χ0) is 15.8. The summed E-state index contributed by atoms with van der Waals surface area (Å²) in [6.45, 7) is 4.24. The highest BCUT2D eigenvalue weighted by atomic mass is 16.5. The van der Waals surface area contributed by atoms with Crippen molar-refractivity contribution in [2.75, 3.05) is 26.0 Å². The van der Waals surface area contributed by atoms with Gasteiger partial charge in [-0.25, -0.2) is 0 Å². The molecule has 0 spiro atoms. The molecule has 1 amide bonds. The first-order chi connectivity index (χ1) is 9.99. The number of likely N-dealkylation sites (N-methyl/N-ethyl adjacent to an activating group) is 1. The molecule has 0 aliphatic carbocycles. The Morgan fingerprint density at radius 2 is 2.19 bits per heavy atom. The summed E-state index contributed by atoms with van der Waals surface area (Å²) in [5.74, 6) is -0.0320. The van der Waals surface area contributed by atoms with E-state index in [1.807, 2.05) is 44.2 Å². The first-order valence-corrected chi connectivity index (χ1v) is 7.00. The highest BCUT2D eigenvalue weighted by Gasteiger charge is 2.17. The van der Waals surface area contributed by atoms with E-state index in [9.17, 15) is 4.79 Å². The molecule has 1 N–H and O–H groups in total. The number of hydrogen-bond donors (Lipinski definition) is 1. The molecular formula is C16H23N3O2. The van der Waals surface area contributed by atoms with E-state index in [0.717, 1.165) is 11.3 Å². The number of amides is 1. The molecule has 21 heavy (non-hydrogen) atoms. The number of carbonyl (C=O) groups is 1. The molecule has 114 valence electrons. The van der Waals surface area contributed by atoms with Crippen LogP contribution in [-0.2, 0) is 9.53 Å². The lowest BCUT2D eigenvalue weighted by atomic mass is 10.1. The van der Waals surface area contributed by atoms with Crippen LogP contribution in [0.25, 0.3) is 0 Å². The van der Waals surface area contributed by atoms with E-state index in [1.165, 1.54) is 0 Å². The molecule has 0 aliphatic rings. The molecule has 0 heterocycles. The number of rotatable bonds is 7. The van der Waals surface area contributed by atoms with Crippen LogP contribution in [0.2, 0.25) is 0 Å². The zero-order valence-electron chi connectivity index (χ0n) is 13.1. The highest BCUT2D eigenvalue weighted by Crippen LogP contribution is 2.20. The maximum Gasteiger partial charge on any atom is 0.244 e. The zero-order valence-corrected chi connectivity index (χ0v) is 13.1. The largest absolute Gasteiger partial charge is 0.377 e. The van der Waals surface area contributed by atoms with Gasteiger partial charge in [-0.1, -0.05) is 12.1 Å². The molecule has 0 unspecified atom stereocenters. The third kappa shape index (κ3) is 5.09. The van der Waals surface area contributed by atoms with Crippen LogP contribution in [0.4, 0.5) is 5.69 Å². The monoisotopic (exact) mass is 289 g/mol. The smallest absolute Gasteiger partial charge is 0.244 e. The lowest BCUT2D eigenvalue weighted by molar-refractivity contribution is -0.130. The number of nitrogens with zero attached hydrogens (tertiary/aromatic N) is 2. The van der Waals surface area contributed by atoms with Crippen LogP contribution in [-0.4, -0.2) is 37.6 Å². The Morgan fingerprint density at radius 1 is 1.48 bits per heavy atom. The first kappa shape index (κ1) is 17.0. The van der Waals surface area contributed by atoms with Crippen LogP contribution in [0.3, 0.4) is 0 Å². The fraction of sp³-hybridized carbons (Fsp3) is 0.500. The Morgan fingerprint density at radius 3 is 2.81 bits per heavy atom. The van der Waals surface area contributed by atoms with Gasteiger partial charge >= 0.3 is 0 Å². The normalized spacial score (nSPS) is 13.1. The molecule has 0 saturated heterocycles. The van der Waals surface area contributed by atoms with Crippen LogP contribution in [0.1, 0.15) is 31.9 Å². The van der Waals surface area contributed by atoms with E-state index in [-0.39, 0.29) is 18.1 Å². The minimum absolute atomic E-state index is 0.0102. The quantitative estimate of drug-likeness (QED) is 0.838. The summed E-state index contributed by atoms with van der Waals surface area (Å²) in [5, 5.41) is 11.7. The molecule has 0 radical (unpaired) electrons. The van der Waals surface area contributed by atoms with Gasteiger partial charge < -0.3 is 15.0 Å². The molecular weight excluding hydrogens is 266 g/mol. The second-order valence-electron chi connectivity index (χ2n) is 5.04. The molecule has 1 aromatic carbocycles. The van der Waals surface area contributed by atoms with Crippen molar-refractivity contribution >= 4 is 11.6 Å². The summed E-state index contributed by atoms with van der Waals surface area (Å²) in [5.41, 5.74) is 1.94. The van der Waals surface area contributed by atoms with Crippen molar-refractivity contribution in [3.63, 3.8) is 0 Å².